The van der Waals surface area contributed by atoms with Crippen molar-refractivity contribution in [2.75, 3.05) is 6.61 Å². The fraction of sp³-hybridized carbons (Fsp3) is 0.429. The third-order valence-electron chi connectivity index (χ3n) is 6.87. The van der Waals surface area contributed by atoms with Crippen LogP contribution < -0.4 is 10.8 Å². The summed E-state index contributed by atoms with van der Waals surface area (Å²) in [6.45, 7) is 1.49. The van der Waals surface area contributed by atoms with Crippen LogP contribution in [-0.2, 0) is 50.0 Å². The van der Waals surface area contributed by atoms with Crippen LogP contribution in [0.4, 0.5) is 31.1 Å². The maximum absolute atomic E-state index is 13.1. The molecule has 2 unspecified atom stereocenters. The van der Waals surface area contributed by atoms with Gasteiger partial charge in [0.15, 0.2) is 6.29 Å². The summed E-state index contributed by atoms with van der Waals surface area (Å²) in [5.41, 5.74) is 0.271. The van der Waals surface area contributed by atoms with Crippen LogP contribution in [-0.4, -0.2) is 24.9 Å². The first-order valence-corrected chi connectivity index (χ1v) is 12.8. The highest BCUT2D eigenvalue weighted by Gasteiger charge is 2.38. The first-order chi connectivity index (χ1) is 19.2. The number of hydrogen-bond donors (Lipinski definition) is 2. The molecule has 2 aliphatic rings. The highest BCUT2D eigenvalue weighted by molar-refractivity contribution is 5.91. The lowest BCUT2D eigenvalue weighted by Crippen LogP contribution is -2.42. The van der Waals surface area contributed by atoms with Gasteiger partial charge in [0.1, 0.15) is 6.61 Å². The average molecular weight is 587 g/mol. The SMILES string of the molecule is CC1(NC(=O)OCc2cc(C(F)(F)F)cc(C(F)(F)F)c2)CCc2ccc(/C=C/C(=O)NOC3CCCCO3)cc21. The van der Waals surface area contributed by atoms with Gasteiger partial charge in [-0.15, -0.1) is 0 Å². The predicted octanol–water partition coefficient (Wildman–Crippen LogP) is 6.40. The van der Waals surface area contributed by atoms with Crippen LogP contribution in [0, 0.1) is 0 Å². The number of rotatable bonds is 7. The maximum Gasteiger partial charge on any atom is 0.416 e. The molecule has 2 aromatic carbocycles. The van der Waals surface area contributed by atoms with Gasteiger partial charge >= 0.3 is 18.4 Å². The normalized spacial score (nSPS) is 21.0. The zero-order valence-electron chi connectivity index (χ0n) is 22.0. The van der Waals surface area contributed by atoms with Crippen molar-refractivity contribution >= 4 is 18.1 Å². The lowest BCUT2D eigenvalue weighted by atomic mass is 9.93. The molecule has 2 N–H and O–H groups in total. The number of halogens is 6. The Bertz CT molecular complexity index is 1270. The van der Waals surface area contributed by atoms with E-state index in [9.17, 15) is 35.9 Å². The molecule has 222 valence electrons. The first kappa shape index (κ1) is 30.4. The van der Waals surface area contributed by atoms with E-state index in [2.05, 4.69) is 10.8 Å². The van der Waals surface area contributed by atoms with Gasteiger partial charge in [0.25, 0.3) is 5.91 Å². The molecule has 1 fully saturated rings. The van der Waals surface area contributed by atoms with E-state index in [0.29, 0.717) is 43.6 Å². The number of alkyl carbamates (subject to hydrolysis) is 1. The van der Waals surface area contributed by atoms with E-state index < -0.39 is 59.5 Å². The van der Waals surface area contributed by atoms with E-state index in [-0.39, 0.29) is 6.07 Å². The number of nitrogens with one attached hydrogen (secondary N) is 2. The molecule has 0 radical (unpaired) electrons. The fourth-order valence-corrected chi connectivity index (χ4v) is 4.73. The highest BCUT2D eigenvalue weighted by Crippen LogP contribution is 2.38. The molecular weight excluding hydrogens is 558 g/mol. The molecule has 1 aliphatic heterocycles. The lowest BCUT2D eigenvalue weighted by molar-refractivity contribution is -0.198. The monoisotopic (exact) mass is 586 g/mol. The lowest BCUT2D eigenvalue weighted by Gasteiger charge is -2.27. The number of alkyl halides is 6. The van der Waals surface area contributed by atoms with Gasteiger partial charge in [-0.05, 0) is 85.2 Å². The van der Waals surface area contributed by atoms with Crippen molar-refractivity contribution in [3.63, 3.8) is 0 Å². The number of carbonyl (C=O) groups is 2. The molecule has 13 heteroatoms. The second kappa shape index (κ2) is 12.1. The van der Waals surface area contributed by atoms with E-state index in [1.165, 1.54) is 6.08 Å². The Morgan fingerprint density at radius 1 is 1.05 bits per heavy atom. The number of aryl methyl sites for hydroxylation is 1. The van der Waals surface area contributed by atoms with Gasteiger partial charge in [-0.25, -0.2) is 15.1 Å². The topological polar surface area (TPSA) is 85.9 Å². The Morgan fingerprint density at radius 2 is 1.76 bits per heavy atom. The van der Waals surface area contributed by atoms with E-state index in [0.717, 1.165) is 24.0 Å². The Labute approximate surface area is 231 Å². The Morgan fingerprint density at radius 3 is 2.39 bits per heavy atom. The first-order valence-electron chi connectivity index (χ1n) is 12.8. The summed E-state index contributed by atoms with van der Waals surface area (Å²) < 4.78 is 89.1. The summed E-state index contributed by atoms with van der Waals surface area (Å²) in [7, 11) is 0. The van der Waals surface area contributed by atoms with Crippen molar-refractivity contribution in [1.29, 1.82) is 0 Å². The Balaban J connectivity index is 1.39. The van der Waals surface area contributed by atoms with Crippen LogP contribution in [0.1, 0.15) is 66.0 Å². The van der Waals surface area contributed by atoms with Crippen molar-refractivity contribution in [1.82, 2.24) is 10.8 Å². The molecule has 0 bridgehead atoms. The van der Waals surface area contributed by atoms with Crippen LogP contribution in [0.25, 0.3) is 6.08 Å². The minimum absolute atomic E-state index is 0.00789. The van der Waals surface area contributed by atoms with Gasteiger partial charge in [0, 0.05) is 19.1 Å². The molecule has 4 rings (SSSR count). The molecule has 1 saturated heterocycles. The van der Waals surface area contributed by atoms with E-state index >= 15 is 0 Å². The minimum atomic E-state index is -5.01. The molecule has 0 spiro atoms. The summed E-state index contributed by atoms with van der Waals surface area (Å²) in [6, 6.07) is 6.45. The molecule has 2 atom stereocenters. The standard InChI is InChI=1S/C28H28F6N2O5/c1-26(35-25(38)40-16-18-12-20(27(29,30)31)15-21(13-18)28(32,33)34)10-9-19-7-5-17(14-22(19)26)6-8-23(37)36-41-24-4-2-3-11-39-24/h5-8,12-15,24H,2-4,9-11,16H2,1H3,(H,35,38)(H,36,37)/b8-6+. The quantitative estimate of drug-likeness (QED) is 0.223. The van der Waals surface area contributed by atoms with Crippen LogP contribution in [0.2, 0.25) is 0 Å². The van der Waals surface area contributed by atoms with Crippen LogP contribution in [0.3, 0.4) is 0 Å². The number of ether oxygens (including phenoxy) is 2. The largest absolute Gasteiger partial charge is 0.445 e. The van der Waals surface area contributed by atoms with Crippen molar-refractivity contribution in [2.45, 2.75) is 69.8 Å². The molecule has 41 heavy (non-hydrogen) atoms. The van der Waals surface area contributed by atoms with E-state index in [1.54, 1.807) is 25.1 Å². The second-order valence-corrected chi connectivity index (χ2v) is 10.1. The van der Waals surface area contributed by atoms with Crippen LogP contribution in [0.5, 0.6) is 0 Å². The molecule has 0 saturated carbocycles. The molecule has 2 amide bonds. The summed E-state index contributed by atoms with van der Waals surface area (Å²) in [5.74, 6) is -0.493. The van der Waals surface area contributed by atoms with Gasteiger partial charge in [0.05, 0.1) is 16.7 Å². The molecule has 1 aliphatic carbocycles. The fourth-order valence-electron chi connectivity index (χ4n) is 4.73. The third kappa shape index (κ3) is 8.00. The Hall–Kier alpha value is -3.58. The van der Waals surface area contributed by atoms with Crippen molar-refractivity contribution in [3.8, 4) is 0 Å². The molecule has 0 aromatic heterocycles. The van der Waals surface area contributed by atoms with Gasteiger partial charge < -0.3 is 14.8 Å². The molecule has 1 heterocycles. The molecule has 2 aromatic rings. The zero-order chi connectivity index (χ0) is 29.8. The number of carbonyl (C=O) groups excluding carboxylic acids is 2. The summed E-state index contributed by atoms with van der Waals surface area (Å²) >= 11 is 0. The van der Waals surface area contributed by atoms with Gasteiger partial charge in [-0.3, -0.25) is 4.79 Å². The van der Waals surface area contributed by atoms with Crippen LogP contribution in [0.15, 0.2) is 42.5 Å². The second-order valence-electron chi connectivity index (χ2n) is 10.1. The van der Waals surface area contributed by atoms with Gasteiger partial charge in [-0.2, -0.15) is 26.3 Å². The number of benzene rings is 2. The van der Waals surface area contributed by atoms with E-state index in [4.69, 9.17) is 14.3 Å². The smallest absolute Gasteiger partial charge is 0.416 e. The number of hydroxylamine groups is 1. The Kier molecular flexibility index (Phi) is 8.97. The summed E-state index contributed by atoms with van der Waals surface area (Å²) in [5, 5.41) is 2.68. The summed E-state index contributed by atoms with van der Waals surface area (Å²) in [4.78, 5) is 30.0. The van der Waals surface area contributed by atoms with Gasteiger partial charge in [-0.1, -0.05) is 12.1 Å². The number of amides is 2. The molecular formula is C28H28F6N2O5. The maximum atomic E-state index is 13.1. The average Bonchev–Trinajstić information content (AvgIpc) is 3.24. The van der Waals surface area contributed by atoms with E-state index in [1.807, 2.05) is 6.07 Å². The number of fused-ring (bicyclic) bond motifs is 1. The van der Waals surface area contributed by atoms with Gasteiger partial charge in [0.2, 0.25) is 0 Å². The van der Waals surface area contributed by atoms with Crippen LogP contribution >= 0.6 is 0 Å². The summed E-state index contributed by atoms with van der Waals surface area (Å²) in [6.07, 6.45) is -5.04. The number of hydrogen-bond acceptors (Lipinski definition) is 5. The highest BCUT2D eigenvalue weighted by atomic mass is 19.4. The van der Waals surface area contributed by atoms with Crippen molar-refractivity contribution < 1.29 is 50.2 Å². The van der Waals surface area contributed by atoms with Crippen molar-refractivity contribution in [3.05, 3.63) is 75.9 Å². The zero-order valence-corrected chi connectivity index (χ0v) is 22.0. The third-order valence-corrected chi connectivity index (χ3v) is 6.87. The molecule has 7 nitrogen and oxygen atoms in total. The predicted molar refractivity (Wildman–Crippen MR) is 134 cm³/mol. The minimum Gasteiger partial charge on any atom is -0.445 e. The van der Waals surface area contributed by atoms with Crippen molar-refractivity contribution in [2.24, 2.45) is 0 Å².